The van der Waals surface area contributed by atoms with Crippen LogP contribution in [0.4, 0.5) is 29.9 Å². The first-order valence-corrected chi connectivity index (χ1v) is 33.2. The predicted octanol–water partition coefficient (Wildman–Crippen LogP) is 4.64. The zero-order valence-corrected chi connectivity index (χ0v) is 51.5. The number of ether oxygens (including phenoxy) is 3. The van der Waals surface area contributed by atoms with Crippen molar-refractivity contribution >= 4 is 114 Å². The molecule has 2 bridgehead atoms. The maximum Gasteiger partial charge on any atom is 0.412 e. The van der Waals surface area contributed by atoms with Gasteiger partial charge < -0.3 is 58.8 Å². The number of hydrogen-bond donors (Lipinski definition) is 8. The number of carbonyl (C=O) groups excluding carboxylic acids is 7. The Hall–Kier alpha value is -7.20. The quantitative estimate of drug-likeness (QED) is 0.0228. The van der Waals surface area contributed by atoms with Gasteiger partial charge in [-0.05, 0) is 49.8 Å². The van der Waals surface area contributed by atoms with Gasteiger partial charge in [-0.15, -0.1) is 0 Å². The van der Waals surface area contributed by atoms with E-state index in [2.05, 4.69) is 70.7 Å². The minimum atomic E-state index is -4.55. The molecule has 31 nitrogen and oxygen atoms in total. The molecule has 0 spiro atoms. The molecule has 1 saturated carbocycles. The number of alkyl halides is 1. The van der Waals surface area contributed by atoms with E-state index < -0.39 is 128 Å². The SMILES string of the molecule is CC(C)[C@H](NC(=O)CCCCCN1C(=O)C=CC1=O)C(=O)N[C@@H](C)C(=O)Nc1ccc(COC(=O)N(C)CCOC(=O)Nc2ncnc3c2ncn3[C@@H]2C[C@@H]3CO[P@@](=O)(S)O[C@@H]4[C@H](O)[C@@H](CO[P@@](=O)(S)O[C@H]3[C@H]2F)O[C@H]4n2cc(F)c3c(=O)[nH]cnc32)cc1. The number of nitrogens with zero attached hydrogens (tertiary/aromatic N) is 8. The van der Waals surface area contributed by atoms with Crippen LogP contribution in [0.25, 0.3) is 22.2 Å². The number of aliphatic hydroxyl groups is 1. The number of imidazole rings is 1. The van der Waals surface area contributed by atoms with E-state index in [1.165, 1.54) is 37.0 Å². The molecular formula is C52H63F2N13O18P2S2. The maximum absolute atomic E-state index is 16.8. The van der Waals surface area contributed by atoms with Gasteiger partial charge in [0.1, 0.15) is 67.6 Å². The van der Waals surface area contributed by atoms with Gasteiger partial charge in [0, 0.05) is 50.0 Å². The number of unbranched alkanes of at least 4 members (excludes halogenated alkanes) is 2. The Morgan fingerprint density at radius 3 is 2.30 bits per heavy atom. The number of benzene rings is 1. The molecule has 480 valence electrons. The molecule has 1 aromatic carbocycles. The summed E-state index contributed by atoms with van der Waals surface area (Å²) in [5.41, 5.74) is -0.0943. The number of anilines is 2. The summed E-state index contributed by atoms with van der Waals surface area (Å²) in [6.07, 6.45) is -3.64. The Bertz CT molecular complexity index is 3680. The van der Waals surface area contributed by atoms with Crippen molar-refractivity contribution in [2.75, 3.05) is 50.6 Å². The lowest BCUT2D eigenvalue weighted by atomic mass is 10.0. The Labute approximate surface area is 515 Å². The number of halogens is 2. The van der Waals surface area contributed by atoms with Crippen LogP contribution in [0.3, 0.4) is 0 Å². The lowest BCUT2D eigenvalue weighted by Crippen LogP contribution is -2.53. The number of nitrogens with one attached hydrogen (secondary N) is 5. The third-order valence-electron chi connectivity index (χ3n) is 14.9. The van der Waals surface area contributed by atoms with Crippen molar-refractivity contribution in [2.24, 2.45) is 11.8 Å². The van der Waals surface area contributed by atoms with Crippen LogP contribution < -0.4 is 26.8 Å². The second-order valence-electron chi connectivity index (χ2n) is 21.5. The number of imide groups is 1. The van der Waals surface area contributed by atoms with Gasteiger partial charge in [0.2, 0.25) is 17.7 Å². The molecule has 89 heavy (non-hydrogen) atoms. The highest BCUT2D eigenvalue weighted by atomic mass is 32.7. The van der Waals surface area contributed by atoms with E-state index >= 15 is 8.78 Å². The Kier molecular flexibility index (Phi) is 21.1. The van der Waals surface area contributed by atoms with Gasteiger partial charge in [0.25, 0.3) is 17.4 Å². The summed E-state index contributed by atoms with van der Waals surface area (Å²) in [5, 5.41) is 21.4. The Morgan fingerprint density at radius 2 is 1.58 bits per heavy atom. The largest absolute Gasteiger partial charge is 0.447 e. The zero-order valence-electron chi connectivity index (χ0n) is 47.9. The number of aromatic amines is 1. The van der Waals surface area contributed by atoms with Crippen molar-refractivity contribution in [3.63, 3.8) is 0 Å². The van der Waals surface area contributed by atoms with Crippen molar-refractivity contribution in [1.82, 2.24) is 54.5 Å². The van der Waals surface area contributed by atoms with Crippen molar-refractivity contribution in [3.05, 3.63) is 83.3 Å². The second-order valence-corrected chi connectivity index (χ2v) is 27.3. The van der Waals surface area contributed by atoms with Crippen LogP contribution in [0.1, 0.15) is 70.7 Å². The molecule has 37 heteroatoms. The first-order valence-electron chi connectivity index (χ1n) is 27.8. The molecule has 3 fully saturated rings. The van der Waals surface area contributed by atoms with Gasteiger partial charge >= 0.3 is 25.8 Å². The molecule has 9 rings (SSSR count). The van der Waals surface area contributed by atoms with Gasteiger partial charge in [0.15, 0.2) is 34.7 Å². The van der Waals surface area contributed by atoms with Crippen LogP contribution in [0, 0.1) is 17.7 Å². The summed E-state index contributed by atoms with van der Waals surface area (Å²) in [6.45, 7) is -5.77. The van der Waals surface area contributed by atoms with E-state index in [4.69, 9.17) is 32.3 Å². The predicted molar refractivity (Wildman–Crippen MR) is 314 cm³/mol. The molecule has 0 radical (unpaired) electrons. The molecule has 7 heterocycles. The minimum absolute atomic E-state index is 0.00541. The summed E-state index contributed by atoms with van der Waals surface area (Å²) >= 11 is 8.19. The van der Waals surface area contributed by atoms with E-state index in [0.29, 0.717) is 30.5 Å². The zero-order chi connectivity index (χ0) is 64.1. The van der Waals surface area contributed by atoms with E-state index in [-0.39, 0.29) is 85.4 Å². The number of amides is 7. The molecule has 5 aromatic rings. The first-order chi connectivity index (χ1) is 42.3. The highest BCUT2D eigenvalue weighted by Crippen LogP contribution is 2.61. The molecule has 1 aliphatic carbocycles. The van der Waals surface area contributed by atoms with E-state index in [0.717, 1.165) is 33.2 Å². The van der Waals surface area contributed by atoms with Gasteiger partial charge in [0.05, 0.1) is 38.5 Å². The number of rotatable bonds is 20. The summed E-state index contributed by atoms with van der Waals surface area (Å²) in [5.74, 6) is -4.70. The fraction of sp³-hybridized carbons (Fsp3) is 0.500. The number of fused-ring (bicyclic) bond motifs is 5. The maximum atomic E-state index is 16.8. The third kappa shape index (κ3) is 15.9. The molecule has 0 unspecified atom stereocenters. The van der Waals surface area contributed by atoms with E-state index in [1.54, 1.807) is 38.1 Å². The van der Waals surface area contributed by atoms with Crippen LogP contribution in [-0.2, 0) is 72.0 Å². The molecule has 4 aliphatic rings. The molecule has 7 amide bonds. The number of thiol groups is 2. The summed E-state index contributed by atoms with van der Waals surface area (Å²) in [4.78, 5) is 122. The molecule has 4 aromatic heterocycles. The number of aromatic nitrogens is 7. The lowest BCUT2D eigenvalue weighted by Gasteiger charge is -2.27. The summed E-state index contributed by atoms with van der Waals surface area (Å²) < 4.78 is 101. The topological polar surface area (TPSA) is 387 Å². The first kappa shape index (κ1) is 66.2. The number of H-pyrrole nitrogens is 1. The molecule has 6 N–H and O–H groups in total. The van der Waals surface area contributed by atoms with Crippen molar-refractivity contribution in [3.8, 4) is 0 Å². The normalized spacial score (nSPS) is 26.0. The summed E-state index contributed by atoms with van der Waals surface area (Å²) in [6, 6.07) is 3.24. The molecular weight excluding hydrogens is 1260 g/mol. The van der Waals surface area contributed by atoms with Gasteiger partial charge in [-0.2, -0.15) is 0 Å². The van der Waals surface area contributed by atoms with Crippen molar-refractivity contribution in [2.45, 2.75) is 114 Å². The number of hydrogen-bond acceptors (Lipinski definition) is 22. The smallest absolute Gasteiger partial charge is 0.412 e. The number of aliphatic hydroxyl groups excluding tert-OH is 1. The number of likely N-dealkylation sites (N-methyl/N-ethyl adjacent to an activating group) is 1. The van der Waals surface area contributed by atoms with Crippen LogP contribution in [0.5, 0.6) is 0 Å². The van der Waals surface area contributed by atoms with Gasteiger partial charge in [-0.3, -0.25) is 52.6 Å². The van der Waals surface area contributed by atoms with Crippen molar-refractivity contribution < 1.29 is 88.9 Å². The van der Waals surface area contributed by atoms with Gasteiger partial charge in [-0.1, -0.05) is 56.9 Å². The summed E-state index contributed by atoms with van der Waals surface area (Å²) in [7, 11) is 1.41. The van der Waals surface area contributed by atoms with Crippen LogP contribution in [0.15, 0.2) is 66.4 Å². The van der Waals surface area contributed by atoms with Crippen LogP contribution >= 0.6 is 38.1 Å². The standard InChI is InChI=1S/C52H63F2N13O18P2S2/c1-26(2)39(62-34(68)8-6-5-7-15-65-35(69)13-14-36(65)70)49(74)60-27(3)47(72)61-30-11-9-28(10-12-30)20-80-52(76)64(4)16-17-79-51(75)63-44-40-46(57-23-55-44)67(25-59-40)32-18-29-21-81-86(77,88)85-43-41(71)33(22-82-87(78,89)84-42(29)38(32)54)83-50(43)66-19-31(53)37-45(66)56-24-58-48(37)73/h9-14,19,23-27,29,32-33,38-39,41-43,50,71H,5-8,15-18,20-22H2,1-4H3,(H,60,74)(H,61,72)(H,62,68)(H,77,88)(H,78,89)(H,56,58,73)(H,55,57,63,75)/t27-,29+,32+,33+,38-,39-,41+,42+,43+,50+,86+,87+/m0/s1. The average Bonchev–Trinajstić information content (AvgIpc) is 1.67. The average molecular weight is 1320 g/mol. The Balaban J connectivity index is 0.716. The van der Waals surface area contributed by atoms with E-state index in [1.807, 2.05) is 0 Å². The monoisotopic (exact) mass is 1320 g/mol. The lowest BCUT2D eigenvalue weighted by molar-refractivity contribution is -0.137. The fourth-order valence-corrected chi connectivity index (χ4v) is 13.2. The second kappa shape index (κ2) is 28.3. The van der Waals surface area contributed by atoms with Gasteiger partial charge in [-0.25, -0.2) is 47.4 Å². The van der Waals surface area contributed by atoms with Crippen LogP contribution in [0.2, 0.25) is 0 Å². The fourth-order valence-electron chi connectivity index (χ4n) is 10.2. The van der Waals surface area contributed by atoms with E-state index in [9.17, 15) is 52.6 Å². The third-order valence-corrected chi connectivity index (χ3v) is 18.1. The van der Waals surface area contributed by atoms with Crippen molar-refractivity contribution in [1.29, 1.82) is 0 Å². The molecule has 12 atom stereocenters. The Morgan fingerprint density at radius 1 is 0.876 bits per heavy atom. The highest BCUT2D eigenvalue weighted by molar-refractivity contribution is 8.44. The van der Waals surface area contributed by atoms with Crippen LogP contribution in [-0.4, -0.2) is 173 Å². The number of carbonyl (C=O) groups is 7. The molecule has 3 aliphatic heterocycles. The minimum Gasteiger partial charge on any atom is -0.447 e. The molecule has 2 saturated heterocycles. The highest BCUT2D eigenvalue weighted by Gasteiger charge is 2.53.